The minimum atomic E-state index is -0.571. The molecule has 4 atom stereocenters. The number of carbonyl (C=O) groups excluding carboxylic acids is 3. The zero-order valence-corrected chi connectivity index (χ0v) is 21.7. The molecule has 2 amide bonds. The van der Waals surface area contributed by atoms with Crippen LogP contribution < -0.4 is 5.32 Å². The number of nitrogens with one attached hydrogen (secondary N) is 1. The minimum absolute atomic E-state index is 0.0196. The van der Waals surface area contributed by atoms with Crippen molar-refractivity contribution in [3.63, 3.8) is 0 Å². The fraction of sp³-hybridized carbons (Fsp3) is 0.552. The Hall–Kier alpha value is -2.93. The molecule has 2 N–H and O–H groups in total. The summed E-state index contributed by atoms with van der Waals surface area (Å²) in [7, 11) is 0. The first kappa shape index (κ1) is 29.3. The molecule has 1 fully saturated rings. The van der Waals surface area contributed by atoms with Crippen molar-refractivity contribution >= 4 is 17.8 Å². The lowest BCUT2D eigenvalue weighted by Gasteiger charge is -2.27. The Balaban J connectivity index is 1.98. The SMILES string of the molecule is C=CC[C@H](CC(=O)N1CCC[C@H]1CO)C(=O)N[C@H](COC(=O)[C@H](CC=C)Cc1ccccc1)C(C)C. The van der Waals surface area contributed by atoms with Crippen LogP contribution in [0.2, 0.25) is 0 Å². The Kier molecular flexibility index (Phi) is 12.4. The van der Waals surface area contributed by atoms with E-state index in [4.69, 9.17) is 4.74 Å². The van der Waals surface area contributed by atoms with Gasteiger partial charge in [0.15, 0.2) is 0 Å². The van der Waals surface area contributed by atoms with E-state index < -0.39 is 5.92 Å². The molecule has 1 aliphatic heterocycles. The molecule has 1 aliphatic rings. The van der Waals surface area contributed by atoms with Gasteiger partial charge in [-0.2, -0.15) is 0 Å². The number of esters is 1. The van der Waals surface area contributed by atoms with Crippen LogP contribution in [0.3, 0.4) is 0 Å². The number of aliphatic hydroxyl groups excluding tert-OH is 1. The third-order valence-corrected chi connectivity index (χ3v) is 6.80. The zero-order valence-electron chi connectivity index (χ0n) is 21.7. The van der Waals surface area contributed by atoms with E-state index in [0.717, 1.165) is 18.4 Å². The molecule has 0 aliphatic carbocycles. The number of allylic oxidation sites excluding steroid dienone is 2. The highest BCUT2D eigenvalue weighted by atomic mass is 16.5. The standard InChI is InChI=1S/C29H42N2O5/c1-5-11-23(18-27(33)31-16-10-15-25(31)19-32)28(34)30-26(21(3)4)20-36-29(35)24(12-6-2)17-22-13-8-7-9-14-22/h5-9,13-14,21,23-26,32H,1-2,10-12,15-20H2,3-4H3,(H,30,34)/t23-,24-,25+,26-/m1/s1. The van der Waals surface area contributed by atoms with Gasteiger partial charge in [-0.25, -0.2) is 0 Å². The van der Waals surface area contributed by atoms with Crippen LogP contribution in [0.5, 0.6) is 0 Å². The second kappa shape index (κ2) is 15.2. The van der Waals surface area contributed by atoms with Crippen LogP contribution >= 0.6 is 0 Å². The third-order valence-electron chi connectivity index (χ3n) is 6.80. The Bertz CT molecular complexity index is 870. The quantitative estimate of drug-likeness (QED) is 0.284. The number of likely N-dealkylation sites (tertiary alicyclic amines) is 1. The van der Waals surface area contributed by atoms with E-state index in [-0.39, 0.29) is 61.3 Å². The second-order valence-electron chi connectivity index (χ2n) is 9.89. The van der Waals surface area contributed by atoms with E-state index in [9.17, 15) is 19.5 Å². The average Bonchev–Trinajstić information content (AvgIpc) is 3.35. The number of nitrogens with zero attached hydrogens (tertiary/aromatic N) is 1. The average molecular weight is 499 g/mol. The lowest BCUT2D eigenvalue weighted by Crippen LogP contribution is -2.46. The fourth-order valence-corrected chi connectivity index (χ4v) is 4.52. The summed E-state index contributed by atoms with van der Waals surface area (Å²) in [4.78, 5) is 40.5. The fourth-order valence-electron chi connectivity index (χ4n) is 4.52. The van der Waals surface area contributed by atoms with Crippen molar-refractivity contribution in [2.24, 2.45) is 17.8 Å². The monoisotopic (exact) mass is 498 g/mol. The number of carbonyl (C=O) groups is 3. The summed E-state index contributed by atoms with van der Waals surface area (Å²) in [6, 6.07) is 9.21. The van der Waals surface area contributed by atoms with Gasteiger partial charge in [-0.3, -0.25) is 14.4 Å². The highest BCUT2D eigenvalue weighted by Gasteiger charge is 2.32. The number of hydrogen-bond acceptors (Lipinski definition) is 5. The maximum absolute atomic E-state index is 13.1. The van der Waals surface area contributed by atoms with Crippen LogP contribution in [0.4, 0.5) is 0 Å². The predicted octanol–water partition coefficient (Wildman–Crippen LogP) is 3.67. The van der Waals surface area contributed by atoms with Gasteiger partial charge in [0, 0.05) is 13.0 Å². The summed E-state index contributed by atoms with van der Waals surface area (Å²) >= 11 is 0. The smallest absolute Gasteiger partial charge is 0.309 e. The Morgan fingerprint density at radius 2 is 1.81 bits per heavy atom. The van der Waals surface area contributed by atoms with E-state index in [0.29, 0.717) is 25.8 Å². The lowest BCUT2D eigenvalue weighted by molar-refractivity contribution is -0.150. The molecule has 0 radical (unpaired) electrons. The summed E-state index contributed by atoms with van der Waals surface area (Å²) < 4.78 is 5.66. The summed E-state index contributed by atoms with van der Waals surface area (Å²) in [5, 5.41) is 12.5. The summed E-state index contributed by atoms with van der Waals surface area (Å²) in [5.41, 5.74) is 1.05. The van der Waals surface area contributed by atoms with Crippen LogP contribution in [0.25, 0.3) is 0 Å². The first-order valence-electron chi connectivity index (χ1n) is 12.9. The van der Waals surface area contributed by atoms with Crippen LogP contribution in [-0.2, 0) is 25.5 Å². The molecule has 198 valence electrons. The number of hydrogen-bond donors (Lipinski definition) is 2. The molecule has 1 saturated heterocycles. The predicted molar refractivity (Wildman–Crippen MR) is 141 cm³/mol. The molecule has 0 spiro atoms. The summed E-state index contributed by atoms with van der Waals surface area (Å²) in [5.74, 6) is -1.61. The van der Waals surface area contributed by atoms with E-state index in [1.54, 1.807) is 17.1 Å². The van der Waals surface area contributed by atoms with Crippen molar-refractivity contribution in [1.29, 1.82) is 0 Å². The summed E-state index contributed by atoms with van der Waals surface area (Å²) in [6.07, 6.45) is 6.45. The van der Waals surface area contributed by atoms with Gasteiger partial charge in [-0.1, -0.05) is 56.3 Å². The van der Waals surface area contributed by atoms with Crippen molar-refractivity contribution in [3.05, 3.63) is 61.2 Å². The molecule has 1 aromatic rings. The first-order chi connectivity index (χ1) is 17.3. The highest BCUT2D eigenvalue weighted by molar-refractivity contribution is 5.86. The molecule has 7 nitrogen and oxygen atoms in total. The molecule has 2 rings (SSSR count). The molecule has 7 heteroatoms. The molecular formula is C29H42N2O5. The van der Waals surface area contributed by atoms with Crippen LogP contribution in [0.15, 0.2) is 55.6 Å². The van der Waals surface area contributed by atoms with E-state index in [1.807, 2.05) is 44.2 Å². The molecule has 0 unspecified atom stereocenters. The van der Waals surface area contributed by atoms with Gasteiger partial charge in [0.05, 0.1) is 30.5 Å². The highest BCUT2D eigenvalue weighted by Crippen LogP contribution is 2.21. The van der Waals surface area contributed by atoms with Crippen LogP contribution in [0, 0.1) is 17.8 Å². The maximum atomic E-state index is 13.1. The van der Waals surface area contributed by atoms with Gasteiger partial charge in [-0.05, 0) is 43.6 Å². The van der Waals surface area contributed by atoms with Gasteiger partial charge in [0.25, 0.3) is 0 Å². The molecule has 0 saturated carbocycles. The van der Waals surface area contributed by atoms with Crippen LogP contribution in [-0.4, -0.2) is 59.6 Å². The summed E-state index contributed by atoms with van der Waals surface area (Å²) in [6.45, 7) is 12.0. The molecule has 1 aromatic carbocycles. The van der Waals surface area contributed by atoms with E-state index >= 15 is 0 Å². The van der Waals surface area contributed by atoms with Gasteiger partial charge < -0.3 is 20.1 Å². The number of ether oxygens (including phenoxy) is 1. The Labute approximate surface area is 215 Å². The van der Waals surface area contributed by atoms with Crippen LogP contribution in [0.1, 0.15) is 51.5 Å². The second-order valence-corrected chi connectivity index (χ2v) is 9.89. The topological polar surface area (TPSA) is 95.9 Å². The van der Waals surface area contributed by atoms with Crippen molar-refractivity contribution < 1.29 is 24.2 Å². The molecule has 1 heterocycles. The molecule has 36 heavy (non-hydrogen) atoms. The largest absolute Gasteiger partial charge is 0.463 e. The first-order valence-corrected chi connectivity index (χ1v) is 12.9. The Morgan fingerprint density at radius 3 is 2.42 bits per heavy atom. The molecule has 0 bridgehead atoms. The third kappa shape index (κ3) is 8.94. The maximum Gasteiger partial charge on any atom is 0.309 e. The van der Waals surface area contributed by atoms with Crippen molar-refractivity contribution in [2.45, 2.75) is 64.5 Å². The molecular weight excluding hydrogens is 456 g/mol. The normalized spacial score (nSPS) is 17.8. The van der Waals surface area contributed by atoms with Gasteiger partial charge >= 0.3 is 5.97 Å². The minimum Gasteiger partial charge on any atom is -0.463 e. The van der Waals surface area contributed by atoms with Crippen molar-refractivity contribution in [1.82, 2.24) is 10.2 Å². The Morgan fingerprint density at radius 1 is 1.14 bits per heavy atom. The number of rotatable bonds is 15. The number of amides is 2. The van der Waals surface area contributed by atoms with Gasteiger partial charge in [-0.15, -0.1) is 13.2 Å². The van der Waals surface area contributed by atoms with Gasteiger partial charge in [0.1, 0.15) is 6.61 Å². The van der Waals surface area contributed by atoms with Crippen molar-refractivity contribution in [3.8, 4) is 0 Å². The zero-order chi connectivity index (χ0) is 26.5. The van der Waals surface area contributed by atoms with Gasteiger partial charge in [0.2, 0.25) is 11.8 Å². The number of aliphatic hydroxyl groups is 1. The molecule has 0 aromatic heterocycles. The van der Waals surface area contributed by atoms with E-state index in [1.165, 1.54) is 0 Å². The van der Waals surface area contributed by atoms with E-state index in [2.05, 4.69) is 18.5 Å². The number of benzene rings is 1. The van der Waals surface area contributed by atoms with Crippen molar-refractivity contribution in [2.75, 3.05) is 19.8 Å². The lowest BCUT2D eigenvalue weighted by atomic mass is 9.96.